The molecule has 1 atom stereocenters. The number of rotatable bonds is 3. The van der Waals surface area contributed by atoms with Crippen LogP contribution in [0.2, 0.25) is 0 Å². The van der Waals surface area contributed by atoms with Crippen molar-refractivity contribution < 1.29 is 14.7 Å². The topological polar surface area (TPSA) is 83.4 Å². The Bertz CT molecular complexity index is 902. The van der Waals surface area contributed by atoms with Crippen molar-refractivity contribution in [3.63, 3.8) is 0 Å². The Labute approximate surface area is 165 Å². The van der Waals surface area contributed by atoms with Gasteiger partial charge in [-0.05, 0) is 38.0 Å². The molecule has 1 aliphatic heterocycles. The second-order valence-corrected chi connectivity index (χ2v) is 8.48. The molecule has 1 aromatic heterocycles. The summed E-state index contributed by atoms with van der Waals surface area (Å²) in [5.74, 6) is -0.000744. The van der Waals surface area contributed by atoms with Crippen LogP contribution in [-0.4, -0.2) is 44.9 Å². The summed E-state index contributed by atoms with van der Waals surface area (Å²) < 4.78 is 0. The summed E-state index contributed by atoms with van der Waals surface area (Å²) in [5, 5.41) is 9.25. The van der Waals surface area contributed by atoms with E-state index in [1.807, 2.05) is 44.7 Å². The Morgan fingerprint density at radius 3 is 2.61 bits per heavy atom. The van der Waals surface area contributed by atoms with E-state index in [1.165, 1.54) is 0 Å². The second-order valence-electron chi connectivity index (χ2n) is 8.48. The summed E-state index contributed by atoms with van der Waals surface area (Å²) in [6.07, 6.45) is 1.86. The van der Waals surface area contributed by atoms with E-state index in [1.54, 1.807) is 18.2 Å². The van der Waals surface area contributed by atoms with Gasteiger partial charge in [0.2, 0.25) is 5.91 Å². The van der Waals surface area contributed by atoms with Crippen molar-refractivity contribution in [2.75, 3.05) is 13.1 Å². The van der Waals surface area contributed by atoms with Crippen molar-refractivity contribution in [3.05, 3.63) is 47.4 Å². The minimum atomic E-state index is -0.962. The predicted octanol–water partition coefficient (Wildman–Crippen LogP) is 3.90. The summed E-state index contributed by atoms with van der Waals surface area (Å²) in [6.45, 7) is 9.12. The van der Waals surface area contributed by atoms with E-state index < -0.39 is 11.4 Å². The Balaban J connectivity index is 1.90. The molecule has 2 aromatic rings. The van der Waals surface area contributed by atoms with E-state index in [2.05, 4.69) is 4.98 Å². The van der Waals surface area contributed by atoms with E-state index in [-0.39, 0.29) is 17.4 Å². The van der Waals surface area contributed by atoms with E-state index >= 15 is 0 Å². The van der Waals surface area contributed by atoms with Crippen molar-refractivity contribution in [1.29, 1.82) is 0 Å². The number of likely N-dealkylation sites (tertiary alicyclic amines) is 1. The summed E-state index contributed by atoms with van der Waals surface area (Å²) in [4.78, 5) is 35.3. The van der Waals surface area contributed by atoms with Gasteiger partial charge in [-0.2, -0.15) is 0 Å². The standard InChI is InChI=1S/C22H27N3O3/c1-14-11-18(15-7-5-8-16(12-15)20(26)27)24-19(23-14)17-9-6-10-25(13-17)21(28)22(2,3)4/h5,7-8,11-12,17H,6,9-10,13H2,1-4H3,(H,26,27)/t17-/m0/s1. The van der Waals surface area contributed by atoms with Crippen LogP contribution in [0.1, 0.15) is 61.4 Å². The SMILES string of the molecule is Cc1cc(-c2cccc(C(=O)O)c2)nc([C@H]2CCCN(C(=O)C(C)(C)C)C2)n1. The normalized spacial score (nSPS) is 17.4. The number of amides is 1. The molecule has 0 unspecified atom stereocenters. The van der Waals surface area contributed by atoms with Gasteiger partial charge < -0.3 is 10.0 Å². The molecule has 6 nitrogen and oxygen atoms in total. The maximum absolute atomic E-state index is 12.7. The number of carboxylic acids is 1. The molecule has 0 bridgehead atoms. The van der Waals surface area contributed by atoms with Crippen molar-refractivity contribution in [1.82, 2.24) is 14.9 Å². The Kier molecular flexibility index (Phi) is 5.49. The number of hydrogen-bond donors (Lipinski definition) is 1. The molecule has 6 heteroatoms. The molecule has 0 saturated carbocycles. The van der Waals surface area contributed by atoms with Crippen LogP contribution in [0, 0.1) is 12.3 Å². The van der Waals surface area contributed by atoms with Crippen molar-refractivity contribution in [2.24, 2.45) is 5.41 Å². The van der Waals surface area contributed by atoms with Crippen molar-refractivity contribution in [2.45, 2.75) is 46.5 Å². The van der Waals surface area contributed by atoms with Crippen LogP contribution in [0.3, 0.4) is 0 Å². The quantitative estimate of drug-likeness (QED) is 0.872. The predicted molar refractivity (Wildman–Crippen MR) is 107 cm³/mol. The number of aromatic carboxylic acids is 1. The molecular formula is C22H27N3O3. The first kappa shape index (κ1) is 20.0. The number of piperidine rings is 1. The number of carbonyl (C=O) groups excluding carboxylic acids is 1. The van der Waals surface area contributed by atoms with Crippen molar-refractivity contribution in [3.8, 4) is 11.3 Å². The molecule has 148 valence electrons. The van der Waals surface area contributed by atoms with Gasteiger partial charge >= 0.3 is 5.97 Å². The highest BCUT2D eigenvalue weighted by Gasteiger charge is 2.32. The average Bonchev–Trinajstić information content (AvgIpc) is 2.66. The monoisotopic (exact) mass is 381 g/mol. The molecule has 1 N–H and O–H groups in total. The summed E-state index contributed by atoms with van der Waals surface area (Å²) >= 11 is 0. The first-order valence-corrected chi connectivity index (χ1v) is 9.64. The third-order valence-corrected chi connectivity index (χ3v) is 4.99. The lowest BCUT2D eigenvalue weighted by Crippen LogP contribution is -2.44. The first-order valence-electron chi connectivity index (χ1n) is 9.64. The molecule has 0 spiro atoms. The summed E-state index contributed by atoms with van der Waals surface area (Å²) in [5.41, 5.74) is 2.13. The third-order valence-electron chi connectivity index (χ3n) is 4.99. The maximum atomic E-state index is 12.7. The fraction of sp³-hybridized carbons (Fsp3) is 0.455. The van der Waals surface area contributed by atoms with Gasteiger partial charge in [0, 0.05) is 35.7 Å². The zero-order valence-corrected chi connectivity index (χ0v) is 16.9. The van der Waals surface area contributed by atoms with Crippen LogP contribution in [0.15, 0.2) is 30.3 Å². The van der Waals surface area contributed by atoms with Gasteiger partial charge in [-0.1, -0.05) is 32.9 Å². The van der Waals surface area contributed by atoms with Gasteiger partial charge in [0.05, 0.1) is 11.3 Å². The van der Waals surface area contributed by atoms with Crippen LogP contribution >= 0.6 is 0 Å². The first-order chi connectivity index (χ1) is 13.1. The number of carbonyl (C=O) groups is 2. The van der Waals surface area contributed by atoms with E-state index in [9.17, 15) is 14.7 Å². The lowest BCUT2D eigenvalue weighted by atomic mass is 9.90. The molecule has 28 heavy (non-hydrogen) atoms. The number of benzene rings is 1. The van der Waals surface area contributed by atoms with Gasteiger partial charge in [0.1, 0.15) is 5.82 Å². The van der Waals surface area contributed by atoms with E-state index in [4.69, 9.17) is 4.98 Å². The summed E-state index contributed by atoms with van der Waals surface area (Å²) in [6, 6.07) is 8.64. The van der Waals surface area contributed by atoms with Crippen LogP contribution < -0.4 is 0 Å². The zero-order chi connectivity index (χ0) is 20.5. The van der Waals surface area contributed by atoms with Crippen LogP contribution in [0.4, 0.5) is 0 Å². The molecule has 1 saturated heterocycles. The fourth-order valence-electron chi connectivity index (χ4n) is 3.58. The van der Waals surface area contributed by atoms with E-state index in [0.29, 0.717) is 12.2 Å². The molecule has 2 heterocycles. The highest BCUT2D eigenvalue weighted by molar-refractivity contribution is 5.89. The van der Waals surface area contributed by atoms with Crippen LogP contribution in [-0.2, 0) is 4.79 Å². The van der Waals surface area contributed by atoms with Gasteiger partial charge in [0.25, 0.3) is 0 Å². The molecule has 0 aliphatic carbocycles. The third kappa shape index (κ3) is 4.38. The Morgan fingerprint density at radius 2 is 1.93 bits per heavy atom. The van der Waals surface area contributed by atoms with E-state index in [0.717, 1.165) is 36.5 Å². The number of carboxylic acid groups (broad SMARTS) is 1. The number of aromatic nitrogens is 2. The molecule has 0 radical (unpaired) electrons. The Hall–Kier alpha value is -2.76. The smallest absolute Gasteiger partial charge is 0.335 e. The number of aryl methyl sites for hydroxylation is 1. The zero-order valence-electron chi connectivity index (χ0n) is 16.9. The lowest BCUT2D eigenvalue weighted by Gasteiger charge is -2.36. The molecular weight excluding hydrogens is 354 g/mol. The van der Waals surface area contributed by atoms with Gasteiger partial charge in [0.15, 0.2) is 0 Å². The van der Waals surface area contributed by atoms with Crippen molar-refractivity contribution >= 4 is 11.9 Å². The molecule has 1 aromatic carbocycles. The highest BCUT2D eigenvalue weighted by Crippen LogP contribution is 2.29. The van der Waals surface area contributed by atoms with Gasteiger partial charge in [-0.3, -0.25) is 4.79 Å². The lowest BCUT2D eigenvalue weighted by molar-refractivity contribution is -0.140. The number of nitrogens with zero attached hydrogens (tertiary/aromatic N) is 3. The largest absolute Gasteiger partial charge is 0.478 e. The summed E-state index contributed by atoms with van der Waals surface area (Å²) in [7, 11) is 0. The maximum Gasteiger partial charge on any atom is 0.335 e. The minimum absolute atomic E-state index is 0.0846. The van der Waals surface area contributed by atoms with Gasteiger partial charge in [-0.25, -0.2) is 14.8 Å². The molecule has 3 rings (SSSR count). The Morgan fingerprint density at radius 1 is 1.18 bits per heavy atom. The molecule has 1 aliphatic rings. The second kappa shape index (κ2) is 7.70. The minimum Gasteiger partial charge on any atom is -0.478 e. The number of hydrogen-bond acceptors (Lipinski definition) is 4. The molecule has 1 amide bonds. The van der Waals surface area contributed by atoms with Crippen LogP contribution in [0.25, 0.3) is 11.3 Å². The fourth-order valence-corrected chi connectivity index (χ4v) is 3.58. The average molecular weight is 381 g/mol. The van der Waals surface area contributed by atoms with Crippen LogP contribution in [0.5, 0.6) is 0 Å². The molecule has 1 fully saturated rings. The highest BCUT2D eigenvalue weighted by atomic mass is 16.4. The van der Waals surface area contributed by atoms with Gasteiger partial charge in [-0.15, -0.1) is 0 Å².